The van der Waals surface area contributed by atoms with Gasteiger partial charge in [0.1, 0.15) is 11.4 Å². The molecule has 4 heteroatoms. The van der Waals surface area contributed by atoms with E-state index in [1.54, 1.807) is 7.11 Å². The number of rotatable bonds is 3. The average Bonchev–Trinajstić information content (AvgIpc) is 2.44. The van der Waals surface area contributed by atoms with E-state index in [1.165, 1.54) is 5.56 Å². The van der Waals surface area contributed by atoms with Gasteiger partial charge in [0.05, 0.1) is 18.5 Å². The lowest BCUT2D eigenvalue weighted by Crippen LogP contribution is -2.04. The van der Waals surface area contributed by atoms with Crippen molar-refractivity contribution < 1.29 is 4.74 Å². The number of nitrogens with zero attached hydrogens (tertiary/aromatic N) is 2. The van der Waals surface area contributed by atoms with Gasteiger partial charge < -0.3 is 10.1 Å². The lowest BCUT2D eigenvalue weighted by molar-refractivity contribution is 0.413. The van der Waals surface area contributed by atoms with Crippen LogP contribution in [0.2, 0.25) is 0 Å². The lowest BCUT2D eigenvalue weighted by Gasteiger charge is -2.16. The third-order valence-corrected chi connectivity index (χ3v) is 3.68. The molecule has 0 bridgehead atoms. The molecule has 20 heavy (non-hydrogen) atoms. The smallest absolute Gasteiger partial charge is 0.152 e. The van der Waals surface area contributed by atoms with Crippen molar-refractivity contribution in [1.82, 2.24) is 9.97 Å². The molecule has 2 aromatic rings. The molecule has 2 rings (SSSR count). The van der Waals surface area contributed by atoms with Gasteiger partial charge in [0.25, 0.3) is 0 Å². The zero-order valence-corrected chi connectivity index (χ0v) is 13.0. The number of hydrogen-bond acceptors (Lipinski definition) is 4. The van der Waals surface area contributed by atoms with Crippen LogP contribution in [0.1, 0.15) is 22.5 Å². The standard InChI is InChI=1S/C16H21N3O/c1-9-7-8-13(15(20-6)10(9)2)14-16(17-5)19-12(4)11(3)18-14/h7-8H,1-6H3,(H,17,19). The minimum absolute atomic E-state index is 0.773. The zero-order chi connectivity index (χ0) is 14.9. The second kappa shape index (κ2) is 5.49. The van der Waals surface area contributed by atoms with Crippen molar-refractivity contribution >= 4 is 5.82 Å². The molecule has 106 valence electrons. The SMILES string of the molecule is CNc1nc(C)c(C)nc1-c1ccc(C)c(C)c1OC. The van der Waals surface area contributed by atoms with Crippen molar-refractivity contribution in [3.8, 4) is 17.0 Å². The molecule has 1 heterocycles. The predicted molar refractivity (Wildman–Crippen MR) is 82.5 cm³/mol. The monoisotopic (exact) mass is 271 g/mol. The van der Waals surface area contributed by atoms with Gasteiger partial charge in [-0.3, -0.25) is 0 Å². The minimum Gasteiger partial charge on any atom is -0.496 e. The molecular weight excluding hydrogens is 250 g/mol. The Labute approximate surface area is 120 Å². The maximum absolute atomic E-state index is 5.59. The number of hydrogen-bond donors (Lipinski definition) is 1. The molecule has 1 aromatic heterocycles. The van der Waals surface area contributed by atoms with Crippen molar-refractivity contribution in [2.75, 3.05) is 19.5 Å². The number of methoxy groups -OCH3 is 1. The van der Waals surface area contributed by atoms with E-state index in [4.69, 9.17) is 4.74 Å². The van der Waals surface area contributed by atoms with Gasteiger partial charge in [0.15, 0.2) is 5.82 Å². The highest BCUT2D eigenvalue weighted by atomic mass is 16.5. The molecule has 0 saturated carbocycles. The van der Waals surface area contributed by atoms with Crippen LogP contribution in [0.25, 0.3) is 11.3 Å². The molecule has 1 aromatic carbocycles. The number of ether oxygens (including phenoxy) is 1. The number of anilines is 1. The van der Waals surface area contributed by atoms with E-state index >= 15 is 0 Å². The number of nitrogens with one attached hydrogen (secondary N) is 1. The van der Waals surface area contributed by atoms with Crippen LogP contribution in [0.3, 0.4) is 0 Å². The van der Waals surface area contributed by atoms with E-state index < -0.39 is 0 Å². The fraction of sp³-hybridized carbons (Fsp3) is 0.375. The maximum Gasteiger partial charge on any atom is 0.152 e. The van der Waals surface area contributed by atoms with Crippen LogP contribution < -0.4 is 10.1 Å². The molecule has 0 aliphatic rings. The van der Waals surface area contributed by atoms with Crippen molar-refractivity contribution in [3.05, 3.63) is 34.6 Å². The van der Waals surface area contributed by atoms with E-state index in [2.05, 4.69) is 35.2 Å². The van der Waals surface area contributed by atoms with Gasteiger partial charge in [0.2, 0.25) is 0 Å². The van der Waals surface area contributed by atoms with Crippen LogP contribution in [0, 0.1) is 27.7 Å². The average molecular weight is 271 g/mol. The first-order chi connectivity index (χ1) is 9.49. The molecule has 0 atom stereocenters. The van der Waals surface area contributed by atoms with Gasteiger partial charge in [-0.15, -0.1) is 0 Å². The molecule has 0 aliphatic heterocycles. The van der Waals surface area contributed by atoms with Crippen LogP contribution in [0.4, 0.5) is 5.82 Å². The fourth-order valence-corrected chi connectivity index (χ4v) is 2.20. The third kappa shape index (κ3) is 2.33. The highest BCUT2D eigenvalue weighted by molar-refractivity contribution is 5.78. The van der Waals surface area contributed by atoms with Gasteiger partial charge in [-0.25, -0.2) is 9.97 Å². The summed E-state index contributed by atoms with van der Waals surface area (Å²) in [6.45, 7) is 8.07. The third-order valence-electron chi connectivity index (χ3n) is 3.68. The predicted octanol–water partition coefficient (Wildman–Crippen LogP) is 3.43. The Morgan fingerprint density at radius 3 is 2.25 bits per heavy atom. The second-order valence-electron chi connectivity index (χ2n) is 4.93. The Morgan fingerprint density at radius 2 is 1.65 bits per heavy atom. The highest BCUT2D eigenvalue weighted by Gasteiger charge is 2.16. The fourth-order valence-electron chi connectivity index (χ4n) is 2.20. The van der Waals surface area contributed by atoms with E-state index in [0.29, 0.717) is 0 Å². The summed E-state index contributed by atoms with van der Waals surface area (Å²) in [4.78, 5) is 9.25. The number of aryl methyl sites for hydroxylation is 3. The minimum atomic E-state index is 0.773. The van der Waals surface area contributed by atoms with Crippen molar-refractivity contribution in [2.24, 2.45) is 0 Å². The Bertz CT molecular complexity index is 651. The maximum atomic E-state index is 5.59. The van der Waals surface area contributed by atoms with Gasteiger partial charge >= 0.3 is 0 Å². The molecular formula is C16H21N3O. The Kier molecular flexibility index (Phi) is 3.93. The Balaban J connectivity index is 2.74. The second-order valence-corrected chi connectivity index (χ2v) is 4.93. The van der Waals surface area contributed by atoms with Crippen LogP contribution in [-0.4, -0.2) is 24.1 Å². The molecule has 0 spiro atoms. The van der Waals surface area contributed by atoms with Crippen LogP contribution in [0.5, 0.6) is 5.75 Å². The summed E-state index contributed by atoms with van der Waals surface area (Å²) in [5.41, 5.74) is 5.99. The van der Waals surface area contributed by atoms with Gasteiger partial charge in [-0.2, -0.15) is 0 Å². The molecule has 0 radical (unpaired) electrons. The summed E-state index contributed by atoms with van der Waals surface area (Å²) in [7, 11) is 3.55. The lowest BCUT2D eigenvalue weighted by atomic mass is 10.0. The van der Waals surface area contributed by atoms with Crippen LogP contribution in [0.15, 0.2) is 12.1 Å². The van der Waals surface area contributed by atoms with Crippen LogP contribution in [-0.2, 0) is 0 Å². The van der Waals surface area contributed by atoms with Crippen molar-refractivity contribution in [3.63, 3.8) is 0 Å². The number of benzene rings is 1. The van der Waals surface area contributed by atoms with Gasteiger partial charge in [-0.05, 0) is 44.9 Å². The first-order valence-corrected chi connectivity index (χ1v) is 6.67. The first-order valence-electron chi connectivity index (χ1n) is 6.67. The topological polar surface area (TPSA) is 47.0 Å². The molecule has 0 amide bonds. The summed E-state index contributed by atoms with van der Waals surface area (Å²) in [5, 5.41) is 3.12. The molecule has 0 unspecified atom stereocenters. The summed E-state index contributed by atoms with van der Waals surface area (Å²) < 4.78 is 5.59. The molecule has 0 fully saturated rings. The Hall–Kier alpha value is -2.10. The quantitative estimate of drug-likeness (QED) is 0.929. The zero-order valence-electron chi connectivity index (χ0n) is 13.0. The summed E-state index contributed by atoms with van der Waals surface area (Å²) in [6.07, 6.45) is 0. The van der Waals surface area contributed by atoms with Gasteiger partial charge in [0, 0.05) is 12.6 Å². The summed E-state index contributed by atoms with van der Waals surface area (Å²) in [6, 6.07) is 4.13. The molecule has 1 N–H and O–H groups in total. The normalized spacial score (nSPS) is 10.5. The van der Waals surface area contributed by atoms with Gasteiger partial charge in [-0.1, -0.05) is 6.07 Å². The van der Waals surface area contributed by atoms with Crippen molar-refractivity contribution in [1.29, 1.82) is 0 Å². The largest absolute Gasteiger partial charge is 0.496 e. The molecule has 0 aliphatic carbocycles. The van der Waals surface area contributed by atoms with Crippen molar-refractivity contribution in [2.45, 2.75) is 27.7 Å². The van der Waals surface area contributed by atoms with E-state index in [0.717, 1.165) is 39.8 Å². The number of aromatic nitrogens is 2. The molecule has 4 nitrogen and oxygen atoms in total. The summed E-state index contributed by atoms with van der Waals surface area (Å²) >= 11 is 0. The first kappa shape index (κ1) is 14.3. The van der Waals surface area contributed by atoms with E-state index in [9.17, 15) is 0 Å². The molecule has 0 saturated heterocycles. The van der Waals surface area contributed by atoms with E-state index in [-0.39, 0.29) is 0 Å². The van der Waals surface area contributed by atoms with E-state index in [1.807, 2.05) is 27.0 Å². The summed E-state index contributed by atoms with van der Waals surface area (Å²) in [5.74, 6) is 1.63. The highest BCUT2D eigenvalue weighted by Crippen LogP contribution is 2.36. The Morgan fingerprint density at radius 1 is 1.00 bits per heavy atom. The van der Waals surface area contributed by atoms with Crippen LogP contribution >= 0.6 is 0 Å².